The Morgan fingerprint density at radius 2 is 1.55 bits per heavy atom. The molecular weight excluding hydrogens is 392 g/mol. The highest BCUT2D eigenvalue weighted by Crippen LogP contribution is 2.24. The fourth-order valence-corrected chi connectivity index (χ4v) is 3.17. The maximum absolute atomic E-state index is 13.0. The molecule has 0 fully saturated rings. The number of aromatic nitrogens is 4. The first-order valence-corrected chi connectivity index (χ1v) is 9.57. The molecule has 5 aromatic rings. The fraction of sp³-hybridized carbons (Fsp3) is 0. The van der Waals surface area contributed by atoms with Crippen LogP contribution in [0.2, 0.25) is 0 Å². The standard InChI is InChI=1S/C24H16N4O3/c29-24(31-20-13-11-18(12-14-20)23-26-25-16-30-23)22-15-21(17-7-3-1-4-8-17)27-28(22)19-9-5-2-6-10-19/h1-16H. The van der Waals surface area contributed by atoms with Gasteiger partial charge in [-0.2, -0.15) is 5.10 Å². The van der Waals surface area contributed by atoms with Gasteiger partial charge >= 0.3 is 5.97 Å². The van der Waals surface area contributed by atoms with E-state index in [4.69, 9.17) is 9.15 Å². The lowest BCUT2D eigenvalue weighted by atomic mass is 10.1. The Kier molecular flexibility index (Phi) is 4.82. The van der Waals surface area contributed by atoms with Gasteiger partial charge in [-0.15, -0.1) is 10.2 Å². The van der Waals surface area contributed by atoms with Crippen LogP contribution < -0.4 is 4.74 Å². The van der Waals surface area contributed by atoms with Crippen LogP contribution in [-0.2, 0) is 0 Å². The molecular formula is C24H16N4O3. The van der Waals surface area contributed by atoms with E-state index in [1.165, 1.54) is 6.39 Å². The van der Waals surface area contributed by atoms with E-state index in [2.05, 4.69) is 15.3 Å². The normalized spacial score (nSPS) is 10.7. The average molecular weight is 408 g/mol. The van der Waals surface area contributed by atoms with Gasteiger partial charge in [-0.1, -0.05) is 48.5 Å². The topological polar surface area (TPSA) is 83.0 Å². The number of nitrogens with zero attached hydrogens (tertiary/aromatic N) is 4. The molecule has 7 nitrogen and oxygen atoms in total. The molecule has 3 aromatic carbocycles. The number of para-hydroxylation sites is 1. The summed E-state index contributed by atoms with van der Waals surface area (Å²) < 4.78 is 12.4. The third-order valence-corrected chi connectivity index (χ3v) is 4.66. The van der Waals surface area contributed by atoms with E-state index in [0.29, 0.717) is 23.0 Å². The van der Waals surface area contributed by atoms with Gasteiger partial charge in [0.05, 0.1) is 11.4 Å². The minimum Gasteiger partial charge on any atom is -0.423 e. The molecule has 2 heterocycles. The van der Waals surface area contributed by atoms with Crippen LogP contribution in [0.25, 0.3) is 28.4 Å². The molecule has 0 N–H and O–H groups in total. The van der Waals surface area contributed by atoms with Crippen LogP contribution in [0.4, 0.5) is 0 Å². The Morgan fingerprint density at radius 1 is 0.839 bits per heavy atom. The third-order valence-electron chi connectivity index (χ3n) is 4.66. The molecule has 0 aliphatic carbocycles. The van der Waals surface area contributed by atoms with E-state index in [-0.39, 0.29) is 0 Å². The highest BCUT2D eigenvalue weighted by Gasteiger charge is 2.19. The van der Waals surface area contributed by atoms with Crippen molar-refractivity contribution in [3.05, 3.63) is 103 Å². The van der Waals surface area contributed by atoms with Crippen molar-refractivity contribution >= 4 is 5.97 Å². The van der Waals surface area contributed by atoms with Gasteiger partial charge in [0, 0.05) is 11.1 Å². The summed E-state index contributed by atoms with van der Waals surface area (Å²) >= 11 is 0. The molecule has 0 saturated heterocycles. The number of esters is 1. The number of carbonyl (C=O) groups is 1. The SMILES string of the molecule is O=C(Oc1ccc(-c2nnco2)cc1)c1cc(-c2ccccc2)nn1-c1ccccc1. The van der Waals surface area contributed by atoms with E-state index in [1.54, 1.807) is 35.0 Å². The Balaban J connectivity index is 1.47. The molecule has 0 aliphatic rings. The van der Waals surface area contributed by atoms with Crippen molar-refractivity contribution in [3.63, 3.8) is 0 Å². The lowest BCUT2D eigenvalue weighted by molar-refractivity contribution is 0.0725. The summed E-state index contributed by atoms with van der Waals surface area (Å²) in [4.78, 5) is 13.0. The van der Waals surface area contributed by atoms with Gasteiger partial charge in [0.15, 0.2) is 5.69 Å². The zero-order chi connectivity index (χ0) is 21.0. The van der Waals surface area contributed by atoms with Crippen LogP contribution in [0, 0.1) is 0 Å². The van der Waals surface area contributed by atoms with E-state index < -0.39 is 5.97 Å². The molecule has 0 radical (unpaired) electrons. The van der Waals surface area contributed by atoms with Crippen molar-refractivity contribution in [2.24, 2.45) is 0 Å². The van der Waals surface area contributed by atoms with Gasteiger partial charge in [0.1, 0.15) is 5.75 Å². The van der Waals surface area contributed by atoms with Crippen molar-refractivity contribution in [1.29, 1.82) is 0 Å². The molecule has 0 spiro atoms. The third kappa shape index (κ3) is 3.84. The van der Waals surface area contributed by atoms with Crippen molar-refractivity contribution in [3.8, 4) is 34.1 Å². The van der Waals surface area contributed by atoms with Gasteiger partial charge in [0.2, 0.25) is 12.3 Å². The van der Waals surface area contributed by atoms with Gasteiger partial charge in [-0.05, 0) is 42.5 Å². The number of benzene rings is 3. The first-order chi connectivity index (χ1) is 15.3. The molecule has 150 valence electrons. The summed E-state index contributed by atoms with van der Waals surface area (Å²) in [5, 5.41) is 12.2. The monoisotopic (exact) mass is 408 g/mol. The van der Waals surface area contributed by atoms with Crippen LogP contribution in [0.5, 0.6) is 5.75 Å². The molecule has 0 unspecified atom stereocenters. The molecule has 2 aromatic heterocycles. The van der Waals surface area contributed by atoms with Crippen molar-refractivity contribution in [2.45, 2.75) is 0 Å². The second-order valence-corrected chi connectivity index (χ2v) is 6.69. The smallest absolute Gasteiger partial charge is 0.362 e. The Morgan fingerprint density at radius 3 is 2.23 bits per heavy atom. The molecule has 0 saturated carbocycles. The largest absolute Gasteiger partial charge is 0.423 e. The number of hydrogen-bond donors (Lipinski definition) is 0. The summed E-state index contributed by atoms with van der Waals surface area (Å²) in [6.07, 6.45) is 1.26. The highest BCUT2D eigenvalue weighted by molar-refractivity contribution is 5.91. The van der Waals surface area contributed by atoms with E-state index in [1.807, 2.05) is 60.7 Å². The highest BCUT2D eigenvalue weighted by atomic mass is 16.5. The van der Waals surface area contributed by atoms with Crippen molar-refractivity contribution < 1.29 is 13.9 Å². The molecule has 0 amide bonds. The average Bonchev–Trinajstić information content (AvgIpc) is 3.52. The van der Waals surface area contributed by atoms with Gasteiger partial charge in [0.25, 0.3) is 0 Å². The molecule has 5 rings (SSSR count). The molecule has 7 heteroatoms. The zero-order valence-corrected chi connectivity index (χ0v) is 16.3. The first-order valence-electron chi connectivity index (χ1n) is 9.57. The fourth-order valence-electron chi connectivity index (χ4n) is 3.17. The summed E-state index contributed by atoms with van der Waals surface area (Å²) in [5.41, 5.74) is 3.42. The minimum atomic E-state index is -0.510. The summed E-state index contributed by atoms with van der Waals surface area (Å²) in [5.74, 6) is 0.284. The molecule has 31 heavy (non-hydrogen) atoms. The number of carbonyl (C=O) groups excluding carboxylic acids is 1. The summed E-state index contributed by atoms with van der Waals surface area (Å²) in [6.45, 7) is 0. The van der Waals surface area contributed by atoms with Crippen molar-refractivity contribution in [2.75, 3.05) is 0 Å². The molecule has 0 aliphatic heterocycles. The number of ether oxygens (including phenoxy) is 1. The van der Waals surface area contributed by atoms with Gasteiger partial charge in [-0.3, -0.25) is 0 Å². The van der Waals surface area contributed by atoms with E-state index >= 15 is 0 Å². The summed E-state index contributed by atoms with van der Waals surface area (Å²) in [6, 6.07) is 27.8. The predicted molar refractivity (Wildman–Crippen MR) is 114 cm³/mol. The Labute approximate surface area is 177 Å². The molecule has 0 bridgehead atoms. The number of rotatable bonds is 5. The second-order valence-electron chi connectivity index (χ2n) is 6.69. The van der Waals surface area contributed by atoms with Crippen molar-refractivity contribution in [1.82, 2.24) is 20.0 Å². The maximum atomic E-state index is 13.0. The van der Waals surface area contributed by atoms with Crippen LogP contribution >= 0.6 is 0 Å². The Bertz CT molecular complexity index is 1300. The minimum absolute atomic E-state index is 0.325. The lowest BCUT2D eigenvalue weighted by Gasteiger charge is -2.08. The van der Waals surface area contributed by atoms with Crippen LogP contribution in [0.3, 0.4) is 0 Å². The quantitative estimate of drug-likeness (QED) is 0.307. The lowest BCUT2D eigenvalue weighted by Crippen LogP contribution is -2.14. The molecule has 0 atom stereocenters. The van der Waals surface area contributed by atoms with Crippen LogP contribution in [0.1, 0.15) is 10.5 Å². The second kappa shape index (κ2) is 8.08. The van der Waals surface area contributed by atoms with Crippen LogP contribution in [0.15, 0.2) is 102 Å². The zero-order valence-electron chi connectivity index (χ0n) is 16.3. The van der Waals surface area contributed by atoms with Gasteiger partial charge in [-0.25, -0.2) is 9.48 Å². The first kappa shape index (κ1) is 18.5. The number of hydrogen-bond acceptors (Lipinski definition) is 6. The van der Waals surface area contributed by atoms with E-state index in [9.17, 15) is 4.79 Å². The van der Waals surface area contributed by atoms with E-state index in [0.717, 1.165) is 16.8 Å². The van der Waals surface area contributed by atoms with Crippen LogP contribution in [-0.4, -0.2) is 25.9 Å². The summed E-state index contributed by atoms with van der Waals surface area (Å²) in [7, 11) is 0. The predicted octanol–water partition coefficient (Wildman–Crippen LogP) is 4.81. The Hall–Kier alpha value is -4.52. The maximum Gasteiger partial charge on any atom is 0.362 e. The van der Waals surface area contributed by atoms with Gasteiger partial charge < -0.3 is 9.15 Å².